The second-order valence-electron chi connectivity index (χ2n) is 5.95. The number of fused-ring (bicyclic) bond motifs is 1. The first kappa shape index (κ1) is 17.0. The maximum atomic E-state index is 13.8. The van der Waals surface area contributed by atoms with Crippen molar-refractivity contribution in [2.24, 2.45) is 0 Å². The third kappa shape index (κ3) is 3.89. The molecule has 0 spiro atoms. The largest absolute Gasteiger partial charge is 0.486 e. The highest BCUT2D eigenvalue weighted by atomic mass is 19.1. The molecule has 1 aliphatic rings. The molecule has 138 valence electrons. The summed E-state index contributed by atoms with van der Waals surface area (Å²) < 4.78 is 38.0. The molecule has 2 N–H and O–H groups in total. The molecule has 0 fully saturated rings. The highest BCUT2D eigenvalue weighted by molar-refractivity contribution is 5.63. The summed E-state index contributed by atoms with van der Waals surface area (Å²) in [5, 5.41) is 5.93. The van der Waals surface area contributed by atoms with E-state index < -0.39 is 11.6 Å². The van der Waals surface area contributed by atoms with Crippen LogP contribution in [0.3, 0.4) is 0 Å². The predicted octanol–water partition coefficient (Wildman–Crippen LogP) is 4.32. The van der Waals surface area contributed by atoms with Gasteiger partial charge in [0.2, 0.25) is 5.95 Å². The summed E-state index contributed by atoms with van der Waals surface area (Å²) in [6.07, 6.45) is 0. The van der Waals surface area contributed by atoms with Crippen molar-refractivity contribution in [2.75, 3.05) is 23.8 Å². The van der Waals surface area contributed by atoms with Gasteiger partial charge in [-0.2, -0.15) is 4.98 Å². The van der Waals surface area contributed by atoms with Crippen LogP contribution in [0, 0.1) is 18.6 Å². The number of ether oxygens (including phenoxy) is 2. The molecule has 3 aromatic rings. The molecule has 0 saturated heterocycles. The Bertz CT molecular complexity index is 997. The van der Waals surface area contributed by atoms with Crippen LogP contribution in [0.2, 0.25) is 0 Å². The first-order chi connectivity index (χ1) is 13.1. The van der Waals surface area contributed by atoms with E-state index in [1.165, 1.54) is 6.07 Å². The Balaban J connectivity index is 1.57. The minimum absolute atomic E-state index is 0.0901. The first-order valence-corrected chi connectivity index (χ1v) is 8.31. The lowest BCUT2D eigenvalue weighted by molar-refractivity contribution is 0.171. The number of aryl methyl sites for hydroxylation is 1. The summed E-state index contributed by atoms with van der Waals surface area (Å²) in [5.41, 5.74) is 1.53. The number of hydrogen-bond donors (Lipinski definition) is 2. The van der Waals surface area contributed by atoms with Gasteiger partial charge in [-0.1, -0.05) is 0 Å². The van der Waals surface area contributed by atoms with Crippen LogP contribution >= 0.6 is 0 Å². The molecule has 0 saturated carbocycles. The van der Waals surface area contributed by atoms with Crippen molar-refractivity contribution in [3.8, 4) is 11.5 Å². The molecule has 2 heterocycles. The molecule has 0 unspecified atom stereocenters. The van der Waals surface area contributed by atoms with Crippen molar-refractivity contribution in [1.29, 1.82) is 0 Å². The Kier molecular flexibility index (Phi) is 4.45. The highest BCUT2D eigenvalue weighted by Gasteiger charge is 2.13. The van der Waals surface area contributed by atoms with E-state index in [-0.39, 0.29) is 11.6 Å². The smallest absolute Gasteiger partial charge is 0.229 e. The van der Waals surface area contributed by atoms with Gasteiger partial charge in [-0.15, -0.1) is 0 Å². The van der Waals surface area contributed by atoms with Crippen molar-refractivity contribution in [3.63, 3.8) is 0 Å². The number of halogens is 2. The van der Waals surface area contributed by atoms with E-state index in [9.17, 15) is 8.78 Å². The van der Waals surface area contributed by atoms with Crippen molar-refractivity contribution in [2.45, 2.75) is 6.92 Å². The molecule has 0 radical (unpaired) electrons. The van der Waals surface area contributed by atoms with Crippen LogP contribution in [-0.2, 0) is 0 Å². The first-order valence-electron chi connectivity index (χ1n) is 8.31. The lowest BCUT2D eigenvalue weighted by Gasteiger charge is -2.19. The molecule has 1 aromatic heterocycles. The van der Waals surface area contributed by atoms with Crippen molar-refractivity contribution < 1.29 is 18.3 Å². The molecule has 1 aliphatic heterocycles. The predicted molar refractivity (Wildman–Crippen MR) is 97.1 cm³/mol. The second kappa shape index (κ2) is 7.06. The fourth-order valence-electron chi connectivity index (χ4n) is 2.67. The maximum absolute atomic E-state index is 13.8. The Morgan fingerprint density at radius 1 is 0.889 bits per heavy atom. The number of aromatic nitrogens is 2. The van der Waals surface area contributed by atoms with Gasteiger partial charge >= 0.3 is 0 Å². The number of benzene rings is 2. The Hall–Kier alpha value is -3.42. The summed E-state index contributed by atoms with van der Waals surface area (Å²) in [6, 6.07) is 10.5. The second-order valence-corrected chi connectivity index (χ2v) is 5.95. The van der Waals surface area contributed by atoms with Crippen LogP contribution in [0.1, 0.15) is 5.69 Å². The van der Waals surface area contributed by atoms with Crippen molar-refractivity contribution >= 4 is 23.1 Å². The molecule has 8 heteroatoms. The highest BCUT2D eigenvalue weighted by Crippen LogP contribution is 2.33. The van der Waals surface area contributed by atoms with E-state index >= 15 is 0 Å². The minimum Gasteiger partial charge on any atom is -0.486 e. The van der Waals surface area contributed by atoms with Crippen LogP contribution in [0.15, 0.2) is 42.5 Å². The summed E-state index contributed by atoms with van der Waals surface area (Å²) in [7, 11) is 0. The van der Waals surface area contributed by atoms with Gasteiger partial charge in [-0.3, -0.25) is 0 Å². The quantitative estimate of drug-likeness (QED) is 0.713. The van der Waals surface area contributed by atoms with Crippen LogP contribution in [0.5, 0.6) is 11.5 Å². The van der Waals surface area contributed by atoms with E-state index in [1.54, 1.807) is 13.0 Å². The zero-order chi connectivity index (χ0) is 18.8. The van der Waals surface area contributed by atoms with Crippen molar-refractivity contribution in [1.82, 2.24) is 9.97 Å². The fourth-order valence-corrected chi connectivity index (χ4v) is 2.67. The molecule has 4 rings (SSSR count). The van der Waals surface area contributed by atoms with Gasteiger partial charge in [0, 0.05) is 29.6 Å². The van der Waals surface area contributed by atoms with E-state index in [0.717, 1.165) is 17.8 Å². The SMILES string of the molecule is Cc1cc(Nc2ccc3c(c2)OCCO3)nc(Nc2ccc(F)cc2F)n1. The average molecular weight is 370 g/mol. The lowest BCUT2D eigenvalue weighted by Crippen LogP contribution is -2.15. The maximum Gasteiger partial charge on any atom is 0.229 e. The van der Waals surface area contributed by atoms with E-state index in [4.69, 9.17) is 9.47 Å². The van der Waals surface area contributed by atoms with Gasteiger partial charge in [0.15, 0.2) is 11.5 Å². The van der Waals surface area contributed by atoms with Gasteiger partial charge in [-0.25, -0.2) is 13.8 Å². The monoisotopic (exact) mass is 370 g/mol. The van der Waals surface area contributed by atoms with E-state index in [1.807, 2.05) is 18.2 Å². The summed E-state index contributed by atoms with van der Waals surface area (Å²) in [6.45, 7) is 2.82. The van der Waals surface area contributed by atoms with Gasteiger partial charge in [0.1, 0.15) is 30.7 Å². The molecule has 0 bridgehead atoms. The van der Waals surface area contributed by atoms with Crippen LogP contribution in [0.25, 0.3) is 0 Å². The number of hydrogen-bond acceptors (Lipinski definition) is 6. The molecular formula is C19H16F2N4O2. The molecule has 27 heavy (non-hydrogen) atoms. The lowest BCUT2D eigenvalue weighted by atomic mass is 10.2. The van der Waals surface area contributed by atoms with Crippen LogP contribution in [0.4, 0.5) is 31.9 Å². The van der Waals surface area contributed by atoms with E-state index in [0.29, 0.717) is 36.2 Å². The van der Waals surface area contributed by atoms with Gasteiger partial charge in [0.05, 0.1) is 5.69 Å². The van der Waals surface area contributed by atoms with Crippen molar-refractivity contribution in [3.05, 3.63) is 59.8 Å². The molecule has 0 aliphatic carbocycles. The molecule has 0 atom stereocenters. The van der Waals surface area contributed by atoms with Gasteiger partial charge in [0.25, 0.3) is 0 Å². The molecule has 2 aromatic carbocycles. The molecule has 6 nitrogen and oxygen atoms in total. The third-order valence-electron chi connectivity index (χ3n) is 3.85. The Morgan fingerprint density at radius 2 is 1.70 bits per heavy atom. The van der Waals surface area contributed by atoms with Gasteiger partial charge in [-0.05, 0) is 31.2 Å². The fraction of sp³-hybridized carbons (Fsp3) is 0.158. The Morgan fingerprint density at radius 3 is 2.52 bits per heavy atom. The zero-order valence-corrected chi connectivity index (χ0v) is 14.4. The Labute approximate surface area is 154 Å². The van der Waals surface area contributed by atoms with Crippen LogP contribution in [-0.4, -0.2) is 23.2 Å². The minimum atomic E-state index is -0.721. The molecular weight excluding hydrogens is 354 g/mol. The standard InChI is InChI=1S/C19H16F2N4O2/c1-11-8-18(23-13-3-5-16-17(10-13)27-7-6-26-16)25-19(22-11)24-15-4-2-12(20)9-14(15)21/h2-5,8-10H,6-7H2,1H3,(H2,22,23,24,25). The topological polar surface area (TPSA) is 68.3 Å². The summed E-state index contributed by atoms with van der Waals surface area (Å²) in [4.78, 5) is 8.57. The zero-order valence-electron chi connectivity index (χ0n) is 14.4. The van der Waals surface area contributed by atoms with Gasteiger partial charge < -0.3 is 20.1 Å². The number of anilines is 4. The third-order valence-corrected chi connectivity index (χ3v) is 3.85. The van der Waals surface area contributed by atoms with E-state index in [2.05, 4.69) is 20.6 Å². The number of nitrogens with zero attached hydrogens (tertiary/aromatic N) is 2. The summed E-state index contributed by atoms with van der Waals surface area (Å²) >= 11 is 0. The number of nitrogens with one attached hydrogen (secondary N) is 2. The normalized spacial score (nSPS) is 12.6. The summed E-state index contributed by atoms with van der Waals surface area (Å²) in [5.74, 6) is 0.693. The molecule has 0 amide bonds. The van der Waals surface area contributed by atoms with Crippen LogP contribution < -0.4 is 20.1 Å². The average Bonchev–Trinajstić information content (AvgIpc) is 2.63. The number of rotatable bonds is 4.